The van der Waals surface area contributed by atoms with Crippen LogP contribution >= 0.6 is 0 Å². The van der Waals surface area contributed by atoms with Gasteiger partial charge in [0.1, 0.15) is 17.1 Å². The fourth-order valence-electron chi connectivity index (χ4n) is 3.52. The summed E-state index contributed by atoms with van der Waals surface area (Å²) in [5.74, 6) is -0.919. The SMILES string of the molecule is CN(C)CCN(Cc1ccc(C(=O)Nc2ccccc2NC(=O)OC(C)(C)C)nc1)C(=O)Nc1cccc(F)c1. The lowest BCUT2D eigenvalue weighted by atomic mass is 10.2. The maximum atomic E-state index is 13.6. The summed E-state index contributed by atoms with van der Waals surface area (Å²) in [5.41, 5.74) is 1.30. The number of halogens is 1. The number of carbonyl (C=O) groups is 3. The third kappa shape index (κ3) is 9.66. The number of nitrogens with zero attached hydrogens (tertiary/aromatic N) is 3. The van der Waals surface area contributed by atoms with Crippen molar-refractivity contribution in [3.05, 3.63) is 83.9 Å². The Hall–Kier alpha value is -4.51. The second-order valence-corrected chi connectivity index (χ2v) is 10.3. The van der Waals surface area contributed by atoms with Crippen LogP contribution in [0.5, 0.6) is 0 Å². The molecule has 0 spiro atoms. The summed E-state index contributed by atoms with van der Waals surface area (Å²) in [6.07, 6.45) is 0.884. The van der Waals surface area contributed by atoms with Crippen molar-refractivity contribution in [3.63, 3.8) is 0 Å². The Morgan fingerprint density at radius 1 is 0.900 bits per heavy atom. The first-order valence-corrected chi connectivity index (χ1v) is 12.7. The van der Waals surface area contributed by atoms with Crippen molar-refractivity contribution in [2.75, 3.05) is 43.1 Å². The molecule has 1 aromatic heterocycles. The van der Waals surface area contributed by atoms with E-state index in [9.17, 15) is 18.8 Å². The number of pyridine rings is 1. The minimum Gasteiger partial charge on any atom is -0.444 e. The van der Waals surface area contributed by atoms with Gasteiger partial charge >= 0.3 is 12.1 Å². The van der Waals surface area contributed by atoms with Gasteiger partial charge in [0.25, 0.3) is 5.91 Å². The molecular formula is C29H35FN6O4. The first kappa shape index (κ1) is 30.0. The van der Waals surface area contributed by atoms with Crippen molar-refractivity contribution in [2.45, 2.75) is 32.9 Å². The number of rotatable bonds is 9. The van der Waals surface area contributed by atoms with Gasteiger partial charge < -0.3 is 25.2 Å². The van der Waals surface area contributed by atoms with E-state index >= 15 is 0 Å². The van der Waals surface area contributed by atoms with Gasteiger partial charge in [-0.2, -0.15) is 0 Å². The fraction of sp³-hybridized carbons (Fsp3) is 0.310. The van der Waals surface area contributed by atoms with E-state index in [2.05, 4.69) is 20.9 Å². The summed E-state index contributed by atoms with van der Waals surface area (Å²) in [5, 5.41) is 8.12. The summed E-state index contributed by atoms with van der Waals surface area (Å²) in [6.45, 7) is 6.53. The molecule has 0 bridgehead atoms. The second-order valence-electron chi connectivity index (χ2n) is 10.3. The van der Waals surface area contributed by atoms with Gasteiger partial charge in [-0.3, -0.25) is 15.1 Å². The molecule has 2 aromatic carbocycles. The average molecular weight is 551 g/mol. The van der Waals surface area contributed by atoms with Crippen LogP contribution in [-0.4, -0.2) is 65.6 Å². The highest BCUT2D eigenvalue weighted by atomic mass is 19.1. The Balaban J connectivity index is 1.67. The zero-order valence-electron chi connectivity index (χ0n) is 23.3. The predicted octanol–water partition coefficient (Wildman–Crippen LogP) is 5.42. The van der Waals surface area contributed by atoms with Crippen LogP contribution in [0.25, 0.3) is 0 Å². The van der Waals surface area contributed by atoms with Crippen molar-refractivity contribution < 1.29 is 23.5 Å². The highest BCUT2D eigenvalue weighted by molar-refractivity contribution is 6.05. The van der Waals surface area contributed by atoms with Crippen molar-refractivity contribution in [2.24, 2.45) is 0 Å². The largest absolute Gasteiger partial charge is 0.444 e. The number of aromatic nitrogens is 1. The molecule has 0 fully saturated rings. The molecular weight excluding hydrogens is 515 g/mol. The summed E-state index contributed by atoms with van der Waals surface area (Å²) in [4.78, 5) is 45.9. The predicted molar refractivity (Wildman–Crippen MR) is 153 cm³/mol. The maximum Gasteiger partial charge on any atom is 0.412 e. The molecule has 3 rings (SSSR count). The Morgan fingerprint density at radius 2 is 1.60 bits per heavy atom. The van der Waals surface area contributed by atoms with Gasteiger partial charge in [-0.15, -0.1) is 0 Å². The molecule has 4 amide bonds. The van der Waals surface area contributed by atoms with Crippen LogP contribution in [0.4, 0.5) is 31.0 Å². The van der Waals surface area contributed by atoms with E-state index in [0.717, 1.165) is 0 Å². The van der Waals surface area contributed by atoms with Crippen LogP contribution in [0.3, 0.4) is 0 Å². The molecule has 0 saturated heterocycles. The standard InChI is InChI=1S/C29H35FN6O4/c1-29(2,3)40-28(39)34-24-12-7-6-11-23(24)33-26(37)25-14-13-20(18-31-25)19-36(16-15-35(4)5)27(38)32-22-10-8-9-21(30)17-22/h6-14,17-18H,15-16,19H2,1-5H3,(H,32,38)(H,33,37)(H,34,39). The summed E-state index contributed by atoms with van der Waals surface area (Å²) >= 11 is 0. The summed E-state index contributed by atoms with van der Waals surface area (Å²) in [7, 11) is 3.80. The number of benzene rings is 2. The van der Waals surface area contributed by atoms with Gasteiger partial charge in [0, 0.05) is 31.5 Å². The number of carbonyl (C=O) groups excluding carboxylic acids is 3. The lowest BCUT2D eigenvalue weighted by molar-refractivity contribution is 0.0635. The van der Waals surface area contributed by atoms with Crippen LogP contribution in [0.1, 0.15) is 36.8 Å². The number of anilines is 3. The van der Waals surface area contributed by atoms with E-state index in [1.807, 2.05) is 19.0 Å². The normalized spacial score (nSPS) is 11.1. The van der Waals surface area contributed by atoms with E-state index in [-0.39, 0.29) is 18.3 Å². The molecule has 0 aliphatic rings. The molecule has 40 heavy (non-hydrogen) atoms. The number of hydrogen-bond donors (Lipinski definition) is 3. The highest BCUT2D eigenvalue weighted by Gasteiger charge is 2.19. The number of para-hydroxylation sites is 2. The molecule has 10 nitrogen and oxygen atoms in total. The smallest absolute Gasteiger partial charge is 0.412 e. The highest BCUT2D eigenvalue weighted by Crippen LogP contribution is 2.23. The fourth-order valence-corrected chi connectivity index (χ4v) is 3.52. The second kappa shape index (κ2) is 13.5. The molecule has 0 aliphatic carbocycles. The molecule has 1 heterocycles. The first-order valence-electron chi connectivity index (χ1n) is 12.7. The van der Waals surface area contributed by atoms with Crippen LogP contribution < -0.4 is 16.0 Å². The Bertz CT molecular complexity index is 1320. The van der Waals surface area contributed by atoms with Gasteiger partial charge in [-0.1, -0.05) is 24.3 Å². The third-order valence-corrected chi connectivity index (χ3v) is 5.42. The Morgan fingerprint density at radius 3 is 2.20 bits per heavy atom. The van der Waals surface area contributed by atoms with E-state index in [1.54, 1.807) is 68.1 Å². The van der Waals surface area contributed by atoms with E-state index < -0.39 is 23.4 Å². The van der Waals surface area contributed by atoms with Crippen LogP contribution in [0, 0.1) is 5.82 Å². The van der Waals surface area contributed by atoms with Crippen molar-refractivity contribution in [3.8, 4) is 0 Å². The van der Waals surface area contributed by atoms with Crippen LogP contribution in [-0.2, 0) is 11.3 Å². The van der Waals surface area contributed by atoms with Crippen molar-refractivity contribution >= 4 is 35.1 Å². The van der Waals surface area contributed by atoms with Crippen molar-refractivity contribution in [1.29, 1.82) is 0 Å². The minimum atomic E-state index is -0.671. The average Bonchev–Trinajstić information content (AvgIpc) is 2.86. The van der Waals surface area contributed by atoms with Gasteiger partial charge in [0.2, 0.25) is 0 Å². The van der Waals surface area contributed by atoms with Crippen LogP contribution in [0.15, 0.2) is 66.9 Å². The van der Waals surface area contributed by atoms with E-state index in [1.165, 1.54) is 24.4 Å². The lowest BCUT2D eigenvalue weighted by Crippen LogP contribution is -2.39. The topological polar surface area (TPSA) is 116 Å². The van der Waals surface area contributed by atoms with E-state index in [4.69, 9.17) is 4.74 Å². The molecule has 0 aliphatic heterocycles. The molecule has 0 unspecified atom stereocenters. The number of hydrogen-bond acceptors (Lipinski definition) is 6. The quantitative estimate of drug-likeness (QED) is 0.328. The molecule has 0 radical (unpaired) electrons. The molecule has 0 atom stereocenters. The van der Waals surface area contributed by atoms with Gasteiger partial charge in [-0.05, 0) is 76.8 Å². The number of urea groups is 1. The molecule has 0 saturated carbocycles. The van der Waals surface area contributed by atoms with Crippen molar-refractivity contribution in [1.82, 2.24) is 14.8 Å². The van der Waals surface area contributed by atoms with Gasteiger partial charge in [0.15, 0.2) is 0 Å². The summed E-state index contributed by atoms with van der Waals surface area (Å²) in [6, 6.07) is 15.3. The van der Waals surface area contributed by atoms with Gasteiger partial charge in [0.05, 0.1) is 11.4 Å². The Labute approximate surface area is 233 Å². The Kier molecular flexibility index (Phi) is 10.2. The monoisotopic (exact) mass is 550 g/mol. The summed E-state index contributed by atoms with van der Waals surface area (Å²) < 4.78 is 18.9. The lowest BCUT2D eigenvalue weighted by Gasteiger charge is -2.25. The van der Waals surface area contributed by atoms with E-state index in [0.29, 0.717) is 35.7 Å². The first-order chi connectivity index (χ1) is 18.9. The zero-order chi connectivity index (χ0) is 29.3. The number of ether oxygens (including phenoxy) is 1. The third-order valence-electron chi connectivity index (χ3n) is 5.42. The molecule has 11 heteroatoms. The molecule has 212 valence electrons. The minimum absolute atomic E-state index is 0.153. The molecule has 3 N–H and O–H groups in total. The maximum absolute atomic E-state index is 13.6. The van der Waals surface area contributed by atoms with Crippen LogP contribution in [0.2, 0.25) is 0 Å². The number of nitrogens with one attached hydrogen (secondary N) is 3. The zero-order valence-corrected chi connectivity index (χ0v) is 23.3. The van der Waals surface area contributed by atoms with Gasteiger partial charge in [-0.25, -0.2) is 14.0 Å². The number of likely N-dealkylation sites (N-methyl/N-ethyl adjacent to an activating group) is 1. The molecule has 3 aromatic rings. The number of amides is 4.